The van der Waals surface area contributed by atoms with Crippen molar-refractivity contribution in [1.82, 2.24) is 0 Å². The number of unbranched alkanes of at least 4 members (excludes halogenated alkanes) is 45. The molecule has 85 heavy (non-hydrogen) atoms. The van der Waals surface area contributed by atoms with Gasteiger partial charge in [-0.1, -0.05) is 310 Å². The number of hydrogen-bond donors (Lipinski definition) is 3. The smallest absolute Gasteiger partial charge is 0.335 e. The standard InChI is InChI=1S/3C25H42O3.Eu/c3*1-2-3-4-5-6-7-8-9-10-11-12-13-14-15-16-17-22-28-24-20-18-23(19-21-24)25(26)27;/h3*18-21H,2-17,22H2,1H3,(H,26,27);. The Morgan fingerprint density at radius 1 is 0.235 bits per heavy atom. The van der Waals surface area contributed by atoms with Gasteiger partial charge in [0.15, 0.2) is 0 Å². The monoisotopic (exact) mass is 1320 g/mol. The maximum Gasteiger partial charge on any atom is 0.335 e. The second kappa shape index (κ2) is 64.1. The molecule has 0 aliphatic carbocycles. The van der Waals surface area contributed by atoms with Crippen LogP contribution >= 0.6 is 0 Å². The predicted octanol–water partition coefficient (Wildman–Crippen LogP) is 24.1. The van der Waals surface area contributed by atoms with Gasteiger partial charge in [-0.3, -0.25) is 0 Å². The van der Waals surface area contributed by atoms with Gasteiger partial charge in [0, 0.05) is 49.4 Å². The fraction of sp³-hybridized carbons (Fsp3) is 0.720. The molecule has 3 N–H and O–H groups in total. The van der Waals surface area contributed by atoms with Crippen LogP contribution in [0.1, 0.15) is 360 Å². The minimum Gasteiger partial charge on any atom is -0.494 e. The van der Waals surface area contributed by atoms with Crippen molar-refractivity contribution in [2.75, 3.05) is 19.8 Å². The van der Waals surface area contributed by atoms with Gasteiger partial charge in [0.2, 0.25) is 0 Å². The number of aromatic carboxylic acids is 3. The molecule has 3 aromatic carbocycles. The number of carbonyl (C=O) groups is 3. The Balaban J connectivity index is 0.00000124. The number of hydrogen-bond acceptors (Lipinski definition) is 6. The van der Waals surface area contributed by atoms with Crippen molar-refractivity contribution < 1.29 is 93.3 Å². The third-order valence-corrected chi connectivity index (χ3v) is 16.1. The van der Waals surface area contributed by atoms with Crippen LogP contribution in [-0.2, 0) is 0 Å². The van der Waals surface area contributed by atoms with Crippen LogP contribution in [0.5, 0.6) is 17.2 Å². The van der Waals surface area contributed by atoms with Crippen LogP contribution in [0.2, 0.25) is 0 Å². The Morgan fingerprint density at radius 3 is 0.494 bits per heavy atom. The summed E-state index contributed by atoms with van der Waals surface area (Å²) in [5.74, 6) is -0.430. The summed E-state index contributed by atoms with van der Waals surface area (Å²) in [7, 11) is 0. The van der Waals surface area contributed by atoms with Crippen molar-refractivity contribution >= 4 is 17.9 Å². The topological polar surface area (TPSA) is 140 Å². The first kappa shape index (κ1) is 82.1. The van der Waals surface area contributed by atoms with E-state index >= 15 is 0 Å². The number of rotatable bonds is 57. The molecule has 0 heterocycles. The fourth-order valence-electron chi connectivity index (χ4n) is 10.6. The zero-order valence-electron chi connectivity index (χ0n) is 54.7. The van der Waals surface area contributed by atoms with Gasteiger partial charge in [-0.25, -0.2) is 14.4 Å². The largest absolute Gasteiger partial charge is 0.494 e. The van der Waals surface area contributed by atoms with Gasteiger partial charge in [0.25, 0.3) is 0 Å². The van der Waals surface area contributed by atoms with E-state index in [2.05, 4.69) is 20.8 Å². The van der Waals surface area contributed by atoms with Gasteiger partial charge in [-0.05, 0) is 92.1 Å². The summed E-state index contributed by atoms with van der Waals surface area (Å²) in [5.41, 5.74) is 0.902. The molecule has 487 valence electrons. The third-order valence-electron chi connectivity index (χ3n) is 16.1. The van der Waals surface area contributed by atoms with Crippen molar-refractivity contribution in [3.8, 4) is 17.2 Å². The SMILES string of the molecule is CCCCCCCCCCCCCCCCCCOc1ccc(C(=O)O)cc1.CCCCCCCCCCCCCCCCCCOc1ccc(C(=O)O)cc1.CCCCCCCCCCCCCCCCCCOc1ccc(C(=O)O)cc1.[Eu]. The van der Waals surface area contributed by atoms with Crippen molar-refractivity contribution in [1.29, 1.82) is 0 Å². The minimum absolute atomic E-state index is 0. The maximum absolute atomic E-state index is 10.8. The van der Waals surface area contributed by atoms with Crippen LogP contribution in [0.3, 0.4) is 0 Å². The number of carboxylic acids is 3. The van der Waals surface area contributed by atoms with Crippen LogP contribution in [-0.4, -0.2) is 53.0 Å². The summed E-state index contributed by atoms with van der Waals surface area (Å²) in [6.45, 7) is 8.98. The number of benzene rings is 3. The van der Waals surface area contributed by atoms with Crippen LogP contribution < -0.4 is 14.2 Å². The van der Waals surface area contributed by atoms with Crippen LogP contribution in [0.4, 0.5) is 0 Å². The van der Waals surface area contributed by atoms with E-state index in [-0.39, 0.29) is 49.4 Å². The van der Waals surface area contributed by atoms with Gasteiger partial charge in [0.05, 0.1) is 36.5 Å². The van der Waals surface area contributed by atoms with Gasteiger partial charge >= 0.3 is 17.9 Å². The molecule has 0 aliphatic heterocycles. The molecule has 0 saturated heterocycles. The van der Waals surface area contributed by atoms with Gasteiger partial charge < -0.3 is 29.5 Å². The summed E-state index contributed by atoms with van der Waals surface area (Å²) in [6, 6.07) is 19.9. The van der Waals surface area contributed by atoms with E-state index in [1.807, 2.05) is 0 Å². The van der Waals surface area contributed by atoms with E-state index in [0.717, 1.165) is 36.5 Å². The average molecular weight is 1320 g/mol. The van der Waals surface area contributed by atoms with Crippen molar-refractivity contribution in [2.45, 2.75) is 329 Å². The summed E-state index contributed by atoms with van der Waals surface area (Å²) in [6.07, 6.45) is 65.6. The Kier molecular flexibility index (Phi) is 61.8. The zero-order chi connectivity index (χ0) is 60.9. The Morgan fingerprint density at radius 2 is 0.365 bits per heavy atom. The second-order valence-corrected chi connectivity index (χ2v) is 23.9. The number of ether oxygens (including phenoxy) is 3. The first-order valence-electron chi connectivity index (χ1n) is 35.1. The van der Waals surface area contributed by atoms with E-state index in [9.17, 15) is 14.4 Å². The fourth-order valence-corrected chi connectivity index (χ4v) is 10.6. The summed E-state index contributed by atoms with van der Waals surface area (Å²) < 4.78 is 17.0. The van der Waals surface area contributed by atoms with Gasteiger partial charge in [-0.2, -0.15) is 0 Å². The van der Waals surface area contributed by atoms with E-state index in [0.29, 0.717) is 36.5 Å². The van der Waals surface area contributed by atoms with Crippen LogP contribution in [0, 0.1) is 49.4 Å². The quantitative estimate of drug-likeness (QED) is 0.0471. The molecule has 3 aromatic rings. The zero-order valence-corrected chi connectivity index (χ0v) is 57.1. The molecule has 3 rings (SSSR count). The van der Waals surface area contributed by atoms with E-state index in [1.165, 1.54) is 289 Å². The molecule has 0 aromatic heterocycles. The van der Waals surface area contributed by atoms with Gasteiger partial charge in [0.1, 0.15) is 17.2 Å². The molecule has 0 aliphatic rings. The molecular formula is C75H126EuO9. The molecule has 9 nitrogen and oxygen atoms in total. The predicted molar refractivity (Wildman–Crippen MR) is 355 cm³/mol. The molecule has 1 radical (unpaired) electrons. The Labute approximate surface area is 562 Å². The minimum atomic E-state index is -0.899. The average Bonchev–Trinajstić information content (AvgIpc) is 3.52. The van der Waals surface area contributed by atoms with Crippen LogP contribution in [0.25, 0.3) is 0 Å². The van der Waals surface area contributed by atoms with Crippen LogP contribution in [0.15, 0.2) is 72.8 Å². The van der Waals surface area contributed by atoms with Gasteiger partial charge in [-0.15, -0.1) is 0 Å². The molecule has 0 spiro atoms. The van der Waals surface area contributed by atoms with E-state index in [1.54, 1.807) is 72.8 Å². The van der Waals surface area contributed by atoms with E-state index in [4.69, 9.17) is 29.5 Å². The normalized spacial score (nSPS) is 10.8. The molecule has 0 fully saturated rings. The molecule has 0 amide bonds. The molecule has 0 saturated carbocycles. The summed E-state index contributed by atoms with van der Waals surface area (Å²) in [4.78, 5) is 32.4. The second-order valence-electron chi connectivity index (χ2n) is 23.9. The Hall–Kier alpha value is -2.95. The number of carboxylic acid groups (broad SMARTS) is 3. The van der Waals surface area contributed by atoms with Crippen molar-refractivity contribution in [3.63, 3.8) is 0 Å². The maximum atomic E-state index is 10.8. The molecular weight excluding hydrogens is 1200 g/mol. The third kappa shape index (κ3) is 54.9. The molecule has 0 bridgehead atoms. The summed E-state index contributed by atoms with van der Waals surface area (Å²) >= 11 is 0. The molecule has 10 heteroatoms. The van der Waals surface area contributed by atoms with E-state index < -0.39 is 17.9 Å². The first-order valence-corrected chi connectivity index (χ1v) is 35.1. The first-order chi connectivity index (χ1) is 41.2. The van der Waals surface area contributed by atoms with Crippen molar-refractivity contribution in [3.05, 3.63) is 89.5 Å². The molecule has 0 unspecified atom stereocenters. The molecule has 0 atom stereocenters. The van der Waals surface area contributed by atoms with Crippen molar-refractivity contribution in [2.24, 2.45) is 0 Å². The summed E-state index contributed by atoms with van der Waals surface area (Å²) in [5, 5.41) is 26.6. The Bertz CT molecular complexity index is 1670.